The molecule has 0 unspecified atom stereocenters. The monoisotopic (exact) mass is 202 g/mol. The molecule has 2 N–H and O–H groups in total. The lowest BCUT2D eigenvalue weighted by Gasteiger charge is -2.24. The molecule has 0 radical (unpaired) electrons. The van der Waals surface area contributed by atoms with E-state index in [1.807, 2.05) is 13.8 Å². The number of aliphatic hydroxyl groups is 2. The van der Waals surface area contributed by atoms with Crippen LogP contribution in [0, 0.1) is 11.8 Å². The van der Waals surface area contributed by atoms with Crippen LogP contribution < -0.4 is 0 Å². The summed E-state index contributed by atoms with van der Waals surface area (Å²) in [6.45, 7) is 9.92. The maximum atomic E-state index is 9.80. The van der Waals surface area contributed by atoms with Crippen molar-refractivity contribution >= 4 is 0 Å². The fourth-order valence-electron chi connectivity index (χ4n) is 1.49. The highest BCUT2D eigenvalue weighted by Gasteiger charge is 2.19. The molecular formula is C12H26O2. The molecule has 0 saturated heterocycles. The van der Waals surface area contributed by atoms with E-state index < -0.39 is 5.60 Å². The van der Waals surface area contributed by atoms with E-state index in [9.17, 15) is 10.2 Å². The van der Waals surface area contributed by atoms with E-state index in [-0.39, 0.29) is 12.0 Å². The third kappa shape index (κ3) is 7.34. The zero-order valence-corrected chi connectivity index (χ0v) is 10.2. The van der Waals surface area contributed by atoms with Crippen LogP contribution >= 0.6 is 0 Å². The van der Waals surface area contributed by atoms with Crippen molar-refractivity contribution < 1.29 is 10.2 Å². The molecular weight excluding hydrogens is 176 g/mol. The third-order valence-electron chi connectivity index (χ3n) is 2.58. The Morgan fingerprint density at radius 2 is 1.64 bits per heavy atom. The van der Waals surface area contributed by atoms with Gasteiger partial charge in [-0.25, -0.2) is 0 Å². The molecule has 0 aromatic heterocycles. The molecule has 86 valence electrons. The maximum absolute atomic E-state index is 9.80. The Kier molecular flexibility index (Phi) is 5.68. The van der Waals surface area contributed by atoms with Gasteiger partial charge >= 0.3 is 0 Å². The first-order valence-electron chi connectivity index (χ1n) is 5.63. The van der Waals surface area contributed by atoms with E-state index in [1.54, 1.807) is 0 Å². The minimum atomic E-state index is -0.605. The topological polar surface area (TPSA) is 40.5 Å². The largest absolute Gasteiger partial charge is 0.393 e. The number of hydrogen-bond acceptors (Lipinski definition) is 2. The summed E-state index contributed by atoms with van der Waals surface area (Å²) < 4.78 is 0. The van der Waals surface area contributed by atoms with Gasteiger partial charge < -0.3 is 10.2 Å². The van der Waals surface area contributed by atoms with Gasteiger partial charge in [0.25, 0.3) is 0 Å². The Labute approximate surface area is 88.3 Å². The summed E-state index contributed by atoms with van der Waals surface area (Å²) in [6, 6.07) is 0. The quantitative estimate of drug-likeness (QED) is 0.695. The summed E-state index contributed by atoms with van der Waals surface area (Å²) in [4.78, 5) is 0. The second-order valence-corrected chi connectivity index (χ2v) is 5.53. The van der Waals surface area contributed by atoms with Gasteiger partial charge in [-0.1, -0.05) is 20.8 Å². The highest BCUT2D eigenvalue weighted by atomic mass is 16.3. The van der Waals surface area contributed by atoms with Crippen molar-refractivity contribution in [3.05, 3.63) is 0 Å². The van der Waals surface area contributed by atoms with Crippen molar-refractivity contribution in [2.24, 2.45) is 11.8 Å². The molecule has 0 aliphatic heterocycles. The smallest absolute Gasteiger partial charge is 0.0591 e. The van der Waals surface area contributed by atoms with E-state index in [0.29, 0.717) is 5.92 Å². The molecule has 0 aromatic rings. The molecule has 2 atom stereocenters. The van der Waals surface area contributed by atoms with Gasteiger partial charge in [-0.05, 0) is 44.9 Å². The molecule has 0 aliphatic rings. The molecule has 0 rings (SSSR count). The van der Waals surface area contributed by atoms with Crippen LogP contribution in [0.5, 0.6) is 0 Å². The molecule has 2 nitrogen and oxygen atoms in total. The highest BCUT2D eigenvalue weighted by Crippen LogP contribution is 2.21. The molecule has 2 heteroatoms. The van der Waals surface area contributed by atoms with Gasteiger partial charge in [0, 0.05) is 0 Å². The van der Waals surface area contributed by atoms with Crippen LogP contribution in [0.15, 0.2) is 0 Å². The lowest BCUT2D eigenvalue weighted by molar-refractivity contribution is 0.0426. The van der Waals surface area contributed by atoms with Gasteiger partial charge in [0.1, 0.15) is 0 Å². The van der Waals surface area contributed by atoms with Crippen LogP contribution in [0.3, 0.4) is 0 Å². The van der Waals surface area contributed by atoms with Crippen LogP contribution in [0.4, 0.5) is 0 Å². The van der Waals surface area contributed by atoms with Crippen LogP contribution in [-0.4, -0.2) is 21.9 Å². The van der Waals surface area contributed by atoms with Crippen LogP contribution in [0.1, 0.15) is 53.9 Å². The van der Waals surface area contributed by atoms with Crippen molar-refractivity contribution in [3.63, 3.8) is 0 Å². The molecule has 0 amide bonds. The average Bonchev–Trinajstić information content (AvgIpc) is 1.97. The molecule has 0 saturated carbocycles. The van der Waals surface area contributed by atoms with Gasteiger partial charge in [0.2, 0.25) is 0 Å². The van der Waals surface area contributed by atoms with Crippen molar-refractivity contribution in [3.8, 4) is 0 Å². The fraction of sp³-hybridized carbons (Fsp3) is 1.00. The predicted molar refractivity (Wildman–Crippen MR) is 60.2 cm³/mol. The molecule has 0 heterocycles. The number of rotatable bonds is 6. The standard InChI is InChI=1S/C12H26O2/c1-9(2)8-11(13)10(3)6-7-12(4,5)14/h9-11,13-14H,6-8H2,1-5H3/t10-,11-/m0/s1. The normalized spacial score (nSPS) is 17.1. The second kappa shape index (κ2) is 5.72. The lowest BCUT2D eigenvalue weighted by atomic mass is 9.89. The van der Waals surface area contributed by atoms with Gasteiger partial charge in [-0.3, -0.25) is 0 Å². The SMILES string of the molecule is CC(C)C[C@H](O)[C@@H](C)CCC(C)(C)O. The first-order valence-corrected chi connectivity index (χ1v) is 5.63. The average molecular weight is 202 g/mol. The van der Waals surface area contributed by atoms with Crippen LogP contribution in [-0.2, 0) is 0 Å². The van der Waals surface area contributed by atoms with Gasteiger partial charge in [-0.15, -0.1) is 0 Å². The zero-order valence-electron chi connectivity index (χ0n) is 10.2. The van der Waals surface area contributed by atoms with E-state index in [0.717, 1.165) is 19.3 Å². The summed E-state index contributed by atoms with van der Waals surface area (Å²) in [7, 11) is 0. The first-order chi connectivity index (χ1) is 6.22. The van der Waals surface area contributed by atoms with Crippen molar-refractivity contribution in [1.82, 2.24) is 0 Å². The lowest BCUT2D eigenvalue weighted by Crippen LogP contribution is -2.24. The maximum Gasteiger partial charge on any atom is 0.0591 e. The fourth-order valence-corrected chi connectivity index (χ4v) is 1.49. The van der Waals surface area contributed by atoms with E-state index in [1.165, 1.54) is 0 Å². The molecule has 0 bridgehead atoms. The van der Waals surface area contributed by atoms with Gasteiger partial charge in [-0.2, -0.15) is 0 Å². The van der Waals surface area contributed by atoms with Crippen LogP contribution in [0.2, 0.25) is 0 Å². The summed E-state index contributed by atoms with van der Waals surface area (Å²) >= 11 is 0. The second-order valence-electron chi connectivity index (χ2n) is 5.53. The Hall–Kier alpha value is -0.0800. The van der Waals surface area contributed by atoms with E-state index >= 15 is 0 Å². The third-order valence-corrected chi connectivity index (χ3v) is 2.58. The summed E-state index contributed by atoms with van der Waals surface area (Å²) in [5, 5.41) is 19.4. The summed E-state index contributed by atoms with van der Waals surface area (Å²) in [5.74, 6) is 0.818. The van der Waals surface area contributed by atoms with E-state index in [4.69, 9.17) is 0 Å². The van der Waals surface area contributed by atoms with Crippen molar-refractivity contribution in [2.75, 3.05) is 0 Å². The van der Waals surface area contributed by atoms with Gasteiger partial charge in [0.05, 0.1) is 11.7 Å². The first kappa shape index (κ1) is 13.9. The molecule has 0 fully saturated rings. The molecule has 0 spiro atoms. The number of hydrogen-bond donors (Lipinski definition) is 2. The minimum absolute atomic E-state index is 0.225. The summed E-state index contributed by atoms with van der Waals surface area (Å²) in [6.07, 6.45) is 2.27. The minimum Gasteiger partial charge on any atom is -0.393 e. The van der Waals surface area contributed by atoms with Crippen LogP contribution in [0.25, 0.3) is 0 Å². The Morgan fingerprint density at radius 3 is 2.00 bits per heavy atom. The molecule has 14 heavy (non-hydrogen) atoms. The van der Waals surface area contributed by atoms with Crippen molar-refractivity contribution in [2.45, 2.75) is 65.6 Å². The zero-order chi connectivity index (χ0) is 11.4. The Morgan fingerprint density at radius 1 is 1.14 bits per heavy atom. The van der Waals surface area contributed by atoms with E-state index in [2.05, 4.69) is 20.8 Å². The summed E-state index contributed by atoms with van der Waals surface area (Å²) in [5.41, 5.74) is -0.605. The highest BCUT2D eigenvalue weighted by molar-refractivity contribution is 4.71. The molecule has 0 aromatic carbocycles. The van der Waals surface area contributed by atoms with Crippen molar-refractivity contribution in [1.29, 1.82) is 0 Å². The predicted octanol–water partition coefficient (Wildman–Crippen LogP) is 2.58. The number of aliphatic hydroxyl groups excluding tert-OH is 1. The Balaban J connectivity index is 3.78. The molecule has 0 aliphatic carbocycles. The Bertz CT molecular complexity index is 147. The van der Waals surface area contributed by atoms with Gasteiger partial charge in [0.15, 0.2) is 0 Å².